The molecule has 2 aliphatic rings. The molecule has 3 heterocycles. The van der Waals surface area contributed by atoms with Crippen molar-refractivity contribution in [3.8, 4) is 0 Å². The molecule has 6 heteroatoms. The van der Waals surface area contributed by atoms with Gasteiger partial charge in [-0.25, -0.2) is 0 Å². The number of rotatable bonds is 3. The lowest BCUT2D eigenvalue weighted by Gasteiger charge is -2.30. The Kier molecular flexibility index (Phi) is 7.38. The second-order valence-electron chi connectivity index (χ2n) is 7.46. The number of allylic oxidation sites excluding steroid dienone is 1. The van der Waals surface area contributed by atoms with Crippen LogP contribution in [0, 0.1) is 5.92 Å². The maximum Gasteiger partial charge on any atom is 0.253 e. The summed E-state index contributed by atoms with van der Waals surface area (Å²) in [5, 5.41) is 4.69. The van der Waals surface area contributed by atoms with Gasteiger partial charge in [0.15, 0.2) is 0 Å². The first-order valence-electron chi connectivity index (χ1n) is 9.44. The fraction of sp³-hybridized carbons (Fsp3) is 0.476. The average Bonchev–Trinajstić information content (AvgIpc) is 2.96. The van der Waals surface area contributed by atoms with E-state index in [9.17, 15) is 4.79 Å². The first-order valence-corrected chi connectivity index (χ1v) is 9.44. The van der Waals surface area contributed by atoms with Crippen LogP contribution in [0.5, 0.6) is 0 Å². The molecule has 27 heavy (non-hydrogen) atoms. The van der Waals surface area contributed by atoms with E-state index >= 15 is 0 Å². The Bertz CT molecular complexity index is 822. The molecule has 0 unspecified atom stereocenters. The lowest BCUT2D eigenvalue weighted by molar-refractivity contribution is 0.0697. The van der Waals surface area contributed by atoms with Crippen LogP contribution in [-0.2, 0) is 19.5 Å². The highest BCUT2D eigenvalue weighted by Gasteiger charge is 2.24. The molecule has 1 aromatic carbocycles. The van der Waals surface area contributed by atoms with Crippen LogP contribution in [0.3, 0.4) is 0 Å². The number of piperidine rings is 1. The molecule has 1 saturated heterocycles. The number of fused-ring (bicyclic) bond motifs is 3. The maximum absolute atomic E-state index is 12.9. The molecule has 0 bridgehead atoms. The second kappa shape index (κ2) is 9.13. The zero-order valence-corrected chi connectivity index (χ0v) is 17.5. The van der Waals surface area contributed by atoms with Crippen LogP contribution < -0.4 is 5.32 Å². The third kappa shape index (κ3) is 4.03. The van der Waals surface area contributed by atoms with Crippen LogP contribution in [0.15, 0.2) is 30.9 Å². The Labute approximate surface area is 173 Å². The Morgan fingerprint density at radius 2 is 2.04 bits per heavy atom. The number of benzene rings is 1. The van der Waals surface area contributed by atoms with E-state index in [0.29, 0.717) is 0 Å². The van der Waals surface area contributed by atoms with Crippen molar-refractivity contribution in [3.63, 3.8) is 0 Å². The number of carbonyl (C=O) groups is 1. The van der Waals surface area contributed by atoms with Gasteiger partial charge in [-0.2, -0.15) is 0 Å². The second-order valence-corrected chi connectivity index (χ2v) is 7.46. The molecule has 4 nitrogen and oxygen atoms in total. The maximum atomic E-state index is 12.9. The molecule has 0 aliphatic carbocycles. The van der Waals surface area contributed by atoms with Gasteiger partial charge in [-0.15, -0.1) is 31.4 Å². The summed E-state index contributed by atoms with van der Waals surface area (Å²) in [5.41, 5.74) is 4.79. The molecular weight excluding hydrogens is 381 g/mol. The van der Waals surface area contributed by atoms with Crippen LogP contribution in [-0.4, -0.2) is 35.0 Å². The Morgan fingerprint density at radius 1 is 1.30 bits per heavy atom. The highest BCUT2D eigenvalue weighted by Crippen LogP contribution is 2.30. The summed E-state index contributed by atoms with van der Waals surface area (Å²) in [7, 11) is 0. The standard InChI is InChI=1S/C21H27N3O.2ClH/c1-3-10-24-19-5-4-16(21(25)23-11-7-15(2)8-12-23)13-17(19)18-14-22-9-6-20(18)24;;/h3-5,13,15,22H,1,6-12,14H2,2H3;2*1H. The molecule has 2 aromatic rings. The third-order valence-electron chi connectivity index (χ3n) is 5.76. The van der Waals surface area contributed by atoms with E-state index in [1.165, 1.54) is 22.2 Å². The highest BCUT2D eigenvalue weighted by molar-refractivity contribution is 5.99. The van der Waals surface area contributed by atoms with Gasteiger partial charge >= 0.3 is 0 Å². The van der Waals surface area contributed by atoms with Gasteiger partial charge < -0.3 is 14.8 Å². The van der Waals surface area contributed by atoms with Gasteiger partial charge in [0.25, 0.3) is 5.91 Å². The van der Waals surface area contributed by atoms with Gasteiger partial charge in [0.05, 0.1) is 0 Å². The summed E-state index contributed by atoms with van der Waals surface area (Å²) in [5.74, 6) is 0.917. The topological polar surface area (TPSA) is 37.3 Å². The smallest absolute Gasteiger partial charge is 0.253 e. The quantitative estimate of drug-likeness (QED) is 0.771. The fourth-order valence-electron chi connectivity index (χ4n) is 4.25. The number of nitrogens with zero attached hydrogens (tertiary/aromatic N) is 2. The highest BCUT2D eigenvalue weighted by atomic mass is 35.5. The summed E-state index contributed by atoms with van der Waals surface area (Å²) in [6.07, 6.45) is 5.22. The van der Waals surface area contributed by atoms with Crippen LogP contribution in [0.4, 0.5) is 0 Å². The number of amides is 1. The number of nitrogens with one attached hydrogen (secondary N) is 1. The normalized spacial score (nSPS) is 17.0. The van der Waals surface area contributed by atoms with Crippen LogP contribution >= 0.6 is 24.8 Å². The minimum Gasteiger partial charge on any atom is -0.340 e. The third-order valence-corrected chi connectivity index (χ3v) is 5.76. The Balaban J connectivity index is 0.00000131. The molecule has 1 aromatic heterocycles. The number of hydrogen-bond donors (Lipinski definition) is 1. The molecule has 4 rings (SSSR count). The first-order chi connectivity index (χ1) is 12.2. The van der Waals surface area contributed by atoms with Crippen molar-refractivity contribution < 1.29 is 4.79 Å². The van der Waals surface area contributed by atoms with Gasteiger partial charge in [-0.3, -0.25) is 4.79 Å². The zero-order chi connectivity index (χ0) is 17.4. The van der Waals surface area contributed by atoms with Crippen molar-refractivity contribution in [3.05, 3.63) is 47.7 Å². The van der Waals surface area contributed by atoms with Crippen molar-refractivity contribution in [2.24, 2.45) is 5.92 Å². The number of likely N-dealkylation sites (tertiary alicyclic amines) is 1. The molecule has 0 spiro atoms. The van der Waals surface area contributed by atoms with Gasteiger partial charge in [-0.05, 0) is 42.5 Å². The number of halogens is 2. The summed E-state index contributed by atoms with van der Waals surface area (Å²) >= 11 is 0. The minimum atomic E-state index is 0. The predicted octanol–water partition coefficient (Wildman–Crippen LogP) is 4.19. The largest absolute Gasteiger partial charge is 0.340 e. The van der Waals surface area contributed by atoms with Gasteiger partial charge in [0.1, 0.15) is 0 Å². The first kappa shape index (κ1) is 21.8. The Morgan fingerprint density at radius 3 is 2.74 bits per heavy atom. The van der Waals surface area contributed by atoms with Gasteiger partial charge in [0.2, 0.25) is 0 Å². The van der Waals surface area contributed by atoms with Crippen molar-refractivity contribution in [1.82, 2.24) is 14.8 Å². The van der Waals surface area contributed by atoms with E-state index in [2.05, 4.69) is 35.5 Å². The van der Waals surface area contributed by atoms with E-state index in [1.807, 2.05) is 17.0 Å². The summed E-state index contributed by atoms with van der Waals surface area (Å²) in [6.45, 7) is 10.7. The lowest BCUT2D eigenvalue weighted by atomic mass is 9.98. The number of carbonyl (C=O) groups excluding carboxylic acids is 1. The molecule has 1 fully saturated rings. The lowest BCUT2D eigenvalue weighted by Crippen LogP contribution is -2.37. The SMILES string of the molecule is C=CCn1c2c(c3cc(C(=O)N4CCC(C)CC4)ccc31)CNCC2.Cl.Cl. The van der Waals surface area contributed by atoms with Crippen molar-refractivity contribution in [1.29, 1.82) is 0 Å². The molecule has 0 radical (unpaired) electrons. The molecule has 2 aliphatic heterocycles. The van der Waals surface area contributed by atoms with E-state index in [1.54, 1.807) is 0 Å². The minimum absolute atomic E-state index is 0. The molecule has 0 saturated carbocycles. The summed E-state index contributed by atoms with van der Waals surface area (Å²) in [4.78, 5) is 15.0. The van der Waals surface area contributed by atoms with Crippen molar-refractivity contribution >= 4 is 41.6 Å². The van der Waals surface area contributed by atoms with E-state index in [-0.39, 0.29) is 30.7 Å². The van der Waals surface area contributed by atoms with Crippen molar-refractivity contribution in [2.75, 3.05) is 19.6 Å². The number of hydrogen-bond acceptors (Lipinski definition) is 2. The molecule has 1 amide bonds. The van der Waals surface area contributed by atoms with Gasteiger partial charge in [-0.1, -0.05) is 13.0 Å². The van der Waals surface area contributed by atoms with E-state index in [0.717, 1.165) is 63.5 Å². The van der Waals surface area contributed by atoms with E-state index < -0.39 is 0 Å². The molecular formula is C21H29Cl2N3O. The fourth-order valence-corrected chi connectivity index (χ4v) is 4.25. The predicted molar refractivity (Wildman–Crippen MR) is 116 cm³/mol. The van der Waals surface area contributed by atoms with Crippen LogP contribution in [0.2, 0.25) is 0 Å². The summed E-state index contributed by atoms with van der Waals surface area (Å²) in [6, 6.07) is 6.24. The summed E-state index contributed by atoms with van der Waals surface area (Å²) < 4.78 is 2.36. The van der Waals surface area contributed by atoms with Gasteiger partial charge in [0, 0.05) is 61.3 Å². The molecule has 1 N–H and O–H groups in total. The van der Waals surface area contributed by atoms with Crippen molar-refractivity contribution in [2.45, 2.75) is 39.3 Å². The molecule has 148 valence electrons. The number of aromatic nitrogens is 1. The monoisotopic (exact) mass is 409 g/mol. The molecule has 0 atom stereocenters. The van der Waals surface area contributed by atoms with Crippen LogP contribution in [0.1, 0.15) is 41.4 Å². The van der Waals surface area contributed by atoms with Crippen LogP contribution in [0.25, 0.3) is 10.9 Å². The zero-order valence-electron chi connectivity index (χ0n) is 15.9. The van der Waals surface area contributed by atoms with E-state index in [4.69, 9.17) is 0 Å². The average molecular weight is 410 g/mol. The Hall–Kier alpha value is -1.49.